The maximum Gasteiger partial charge on any atom is 0.407 e. The van der Waals surface area contributed by atoms with E-state index >= 15 is 0 Å². The molecule has 174 valence electrons. The molecule has 1 aliphatic rings. The number of rotatable bonds is 9. The number of alkyl carbamates (subject to hydrolysis) is 1. The summed E-state index contributed by atoms with van der Waals surface area (Å²) in [6.07, 6.45) is -0.651. The Labute approximate surface area is 196 Å². The fourth-order valence-electron chi connectivity index (χ4n) is 4.12. The van der Waals surface area contributed by atoms with E-state index in [9.17, 15) is 14.4 Å². The van der Waals surface area contributed by atoms with Gasteiger partial charge in [-0.25, -0.2) is 15.1 Å². The highest BCUT2D eigenvalue weighted by molar-refractivity contribution is 5.84. The lowest BCUT2D eigenvalue weighted by molar-refractivity contribution is -0.149. The second-order valence-corrected chi connectivity index (χ2v) is 7.82. The molecule has 8 heteroatoms. The summed E-state index contributed by atoms with van der Waals surface area (Å²) in [5.41, 5.74) is 7.24. The molecule has 0 saturated heterocycles. The molecule has 0 radical (unpaired) electrons. The maximum absolute atomic E-state index is 12.6. The van der Waals surface area contributed by atoms with Gasteiger partial charge in [-0.3, -0.25) is 9.63 Å². The monoisotopic (exact) mass is 460 g/mol. The van der Waals surface area contributed by atoms with E-state index in [4.69, 9.17) is 14.7 Å². The molecule has 8 nitrogen and oxygen atoms in total. The number of nitrogens with one attached hydrogen (secondary N) is 2. The molecule has 1 unspecified atom stereocenters. The first-order chi connectivity index (χ1) is 16.5. The number of carbonyl (C=O) groups is 3. The van der Waals surface area contributed by atoms with Crippen molar-refractivity contribution >= 4 is 18.0 Å². The lowest BCUT2D eigenvalue weighted by atomic mass is 9.98. The largest absolute Gasteiger partial charge is 0.479 e. The van der Waals surface area contributed by atoms with Crippen LogP contribution in [0.3, 0.4) is 0 Å². The molecule has 2 amide bonds. The predicted molar refractivity (Wildman–Crippen MR) is 124 cm³/mol. The summed E-state index contributed by atoms with van der Waals surface area (Å²) >= 11 is 0. The maximum atomic E-state index is 12.6. The van der Waals surface area contributed by atoms with Crippen molar-refractivity contribution in [2.24, 2.45) is 0 Å². The van der Waals surface area contributed by atoms with E-state index in [2.05, 4.69) is 22.9 Å². The lowest BCUT2D eigenvalue weighted by Gasteiger charge is -2.18. The summed E-state index contributed by atoms with van der Waals surface area (Å²) in [4.78, 5) is 40.4. The van der Waals surface area contributed by atoms with Crippen LogP contribution in [-0.2, 0) is 19.2 Å². The highest BCUT2D eigenvalue weighted by atomic mass is 16.7. The van der Waals surface area contributed by atoms with Gasteiger partial charge >= 0.3 is 12.1 Å². The van der Waals surface area contributed by atoms with Gasteiger partial charge in [0.15, 0.2) is 6.61 Å². The third-order valence-electron chi connectivity index (χ3n) is 5.68. The predicted octanol–water partition coefficient (Wildman–Crippen LogP) is 3.44. The quantitative estimate of drug-likeness (QED) is 0.422. The zero-order valence-electron chi connectivity index (χ0n) is 18.3. The van der Waals surface area contributed by atoms with Gasteiger partial charge in [0, 0.05) is 12.5 Å². The summed E-state index contributed by atoms with van der Waals surface area (Å²) in [6.45, 7) is -0.570. The number of hydrogen-bond donors (Lipinski definition) is 3. The van der Waals surface area contributed by atoms with Crippen molar-refractivity contribution in [3.63, 3.8) is 0 Å². The average Bonchev–Trinajstić information content (AvgIpc) is 3.17. The van der Waals surface area contributed by atoms with E-state index < -0.39 is 30.5 Å². The van der Waals surface area contributed by atoms with Gasteiger partial charge in [0.05, 0.1) is 5.92 Å². The fourth-order valence-corrected chi connectivity index (χ4v) is 4.12. The van der Waals surface area contributed by atoms with Crippen LogP contribution >= 0.6 is 0 Å². The van der Waals surface area contributed by atoms with Crippen LogP contribution in [0.2, 0.25) is 0 Å². The molecule has 0 aliphatic heterocycles. The molecule has 3 aromatic carbocycles. The molecule has 34 heavy (non-hydrogen) atoms. The topological polar surface area (TPSA) is 114 Å². The minimum absolute atomic E-state index is 0.0526. The molecule has 0 fully saturated rings. The number of amides is 2. The highest BCUT2D eigenvalue weighted by Gasteiger charge is 2.29. The van der Waals surface area contributed by atoms with Crippen molar-refractivity contribution in [2.45, 2.75) is 11.8 Å². The second-order valence-electron chi connectivity index (χ2n) is 7.82. The zero-order chi connectivity index (χ0) is 23.9. The Morgan fingerprint density at radius 1 is 0.853 bits per heavy atom. The normalized spacial score (nSPS) is 12.8. The smallest absolute Gasteiger partial charge is 0.407 e. The van der Waals surface area contributed by atoms with Crippen molar-refractivity contribution < 1.29 is 29.1 Å². The number of hydrogen-bond acceptors (Lipinski definition) is 5. The lowest BCUT2D eigenvalue weighted by Crippen LogP contribution is -2.38. The van der Waals surface area contributed by atoms with Gasteiger partial charge in [0.2, 0.25) is 0 Å². The van der Waals surface area contributed by atoms with Crippen molar-refractivity contribution in [1.29, 1.82) is 0 Å². The Balaban J connectivity index is 1.38. The molecule has 0 saturated carbocycles. The van der Waals surface area contributed by atoms with Gasteiger partial charge in [-0.15, -0.1) is 0 Å². The first-order valence-corrected chi connectivity index (χ1v) is 10.8. The van der Waals surface area contributed by atoms with Crippen LogP contribution in [0, 0.1) is 0 Å². The van der Waals surface area contributed by atoms with E-state index in [0.717, 1.165) is 22.3 Å². The first kappa shape index (κ1) is 23.0. The first-order valence-electron chi connectivity index (χ1n) is 10.8. The van der Waals surface area contributed by atoms with E-state index in [-0.39, 0.29) is 19.1 Å². The molecule has 0 aromatic heterocycles. The third-order valence-corrected chi connectivity index (χ3v) is 5.68. The number of fused-ring (bicyclic) bond motifs is 3. The van der Waals surface area contributed by atoms with Gasteiger partial charge in [0.1, 0.15) is 6.61 Å². The number of benzene rings is 3. The second kappa shape index (κ2) is 10.6. The summed E-state index contributed by atoms with van der Waals surface area (Å²) in [5.74, 6) is -2.66. The molecule has 3 aromatic rings. The highest BCUT2D eigenvalue weighted by Crippen LogP contribution is 2.44. The summed E-state index contributed by atoms with van der Waals surface area (Å²) in [6, 6.07) is 24.9. The molecular formula is C26H24N2O6. The SMILES string of the molecule is O=C(O)CONC(=O)C(CNC(=O)OCC1c2ccccc2-c2ccccc21)c1ccccc1. The number of ether oxygens (including phenoxy) is 1. The van der Waals surface area contributed by atoms with E-state index in [1.165, 1.54) is 0 Å². The standard InChI is InChI=1S/C26H24N2O6/c29-24(30)16-34-28-25(31)22(17-8-2-1-3-9-17)14-27-26(32)33-15-23-20-12-6-4-10-18(20)19-11-5-7-13-21(19)23/h1-13,22-23H,14-16H2,(H,27,32)(H,28,31)(H,29,30). The van der Waals surface area contributed by atoms with Crippen LogP contribution < -0.4 is 10.8 Å². The number of carbonyl (C=O) groups excluding carboxylic acids is 2. The summed E-state index contributed by atoms with van der Waals surface area (Å²) in [5, 5.41) is 11.3. The van der Waals surface area contributed by atoms with Crippen LogP contribution in [-0.4, -0.2) is 42.8 Å². The number of hydroxylamine groups is 1. The molecule has 1 aliphatic carbocycles. The Hall–Kier alpha value is -4.17. The van der Waals surface area contributed by atoms with Gasteiger partial charge in [-0.05, 0) is 27.8 Å². The molecule has 1 atom stereocenters. The Morgan fingerprint density at radius 2 is 1.44 bits per heavy atom. The average molecular weight is 460 g/mol. The van der Waals surface area contributed by atoms with Crippen molar-refractivity contribution in [3.05, 3.63) is 95.6 Å². The molecule has 0 bridgehead atoms. The van der Waals surface area contributed by atoms with Crippen LogP contribution in [0.5, 0.6) is 0 Å². The van der Waals surface area contributed by atoms with Gasteiger partial charge < -0.3 is 15.2 Å². The minimum atomic E-state index is -1.21. The van der Waals surface area contributed by atoms with Crippen molar-refractivity contribution in [2.75, 3.05) is 19.8 Å². The number of aliphatic carboxylic acids is 1. The summed E-state index contributed by atoms with van der Waals surface area (Å²) in [7, 11) is 0. The Bertz CT molecular complexity index is 1140. The van der Waals surface area contributed by atoms with Crippen molar-refractivity contribution in [1.82, 2.24) is 10.8 Å². The molecule has 0 spiro atoms. The molecule has 4 rings (SSSR count). The summed E-state index contributed by atoms with van der Waals surface area (Å²) < 4.78 is 5.53. The molecular weight excluding hydrogens is 436 g/mol. The molecule has 0 heterocycles. The van der Waals surface area contributed by atoms with Crippen LogP contribution in [0.4, 0.5) is 4.79 Å². The number of carboxylic acids is 1. The third kappa shape index (κ3) is 5.24. The Kier molecular flexibility index (Phi) is 7.19. The fraction of sp³-hybridized carbons (Fsp3) is 0.192. The van der Waals surface area contributed by atoms with E-state index in [1.54, 1.807) is 30.3 Å². The van der Waals surface area contributed by atoms with E-state index in [0.29, 0.717) is 5.56 Å². The zero-order valence-corrected chi connectivity index (χ0v) is 18.3. The minimum Gasteiger partial charge on any atom is -0.479 e. The molecule has 3 N–H and O–H groups in total. The Morgan fingerprint density at radius 3 is 2.06 bits per heavy atom. The number of carboxylic acid groups (broad SMARTS) is 1. The van der Waals surface area contributed by atoms with E-state index in [1.807, 2.05) is 36.4 Å². The van der Waals surface area contributed by atoms with Crippen LogP contribution in [0.1, 0.15) is 28.5 Å². The van der Waals surface area contributed by atoms with Crippen molar-refractivity contribution in [3.8, 4) is 11.1 Å². The van der Waals surface area contributed by atoms with Crippen LogP contribution in [0.25, 0.3) is 11.1 Å². The van der Waals surface area contributed by atoms with Gasteiger partial charge in [-0.2, -0.15) is 0 Å². The van der Waals surface area contributed by atoms with Gasteiger partial charge in [0.25, 0.3) is 5.91 Å². The van der Waals surface area contributed by atoms with Crippen LogP contribution in [0.15, 0.2) is 78.9 Å². The van der Waals surface area contributed by atoms with Gasteiger partial charge in [-0.1, -0.05) is 78.9 Å².